The second kappa shape index (κ2) is 7.04. The molecule has 0 radical (unpaired) electrons. The molecule has 2 rings (SSSR count). The highest BCUT2D eigenvalue weighted by molar-refractivity contribution is 5.82. The van der Waals surface area contributed by atoms with Crippen molar-refractivity contribution in [2.75, 3.05) is 39.8 Å². The average Bonchev–Trinajstić information content (AvgIpc) is 2.59. The summed E-state index contributed by atoms with van der Waals surface area (Å²) in [5.41, 5.74) is 5.40. The van der Waals surface area contributed by atoms with Gasteiger partial charge in [-0.3, -0.25) is 14.5 Å². The number of carbonyl (C=O) groups excluding carboxylic acids is 2. The quantitative estimate of drug-likeness (QED) is 0.721. The number of likely N-dealkylation sites (N-methyl/N-ethyl adjacent to an activating group) is 1. The molecule has 3 N–H and O–H groups in total. The van der Waals surface area contributed by atoms with Gasteiger partial charge in [-0.2, -0.15) is 0 Å². The molecule has 2 aliphatic rings. The van der Waals surface area contributed by atoms with Gasteiger partial charge < -0.3 is 16.0 Å². The summed E-state index contributed by atoms with van der Waals surface area (Å²) >= 11 is 0. The minimum Gasteiger partial charge on any atom is -0.369 e. The molecule has 2 amide bonds. The third-order valence-corrected chi connectivity index (χ3v) is 4.28. The van der Waals surface area contributed by atoms with E-state index in [2.05, 4.69) is 10.2 Å². The maximum absolute atomic E-state index is 12.1. The van der Waals surface area contributed by atoms with Crippen molar-refractivity contribution in [1.29, 1.82) is 0 Å². The minimum atomic E-state index is -0.325. The zero-order valence-electron chi connectivity index (χ0n) is 12.3. The molecule has 2 saturated heterocycles. The summed E-state index contributed by atoms with van der Waals surface area (Å²) in [6.07, 6.45) is 4.86. The molecule has 0 saturated carbocycles. The average molecular weight is 282 g/mol. The fourth-order valence-electron chi connectivity index (χ4n) is 3.18. The van der Waals surface area contributed by atoms with E-state index < -0.39 is 0 Å². The van der Waals surface area contributed by atoms with Gasteiger partial charge in [0.25, 0.3) is 0 Å². The van der Waals surface area contributed by atoms with Crippen molar-refractivity contribution in [2.45, 2.75) is 31.7 Å². The van der Waals surface area contributed by atoms with Crippen LogP contribution in [0.1, 0.15) is 25.7 Å². The van der Waals surface area contributed by atoms with Gasteiger partial charge in [-0.15, -0.1) is 0 Å². The second-order valence-electron chi connectivity index (χ2n) is 6.09. The summed E-state index contributed by atoms with van der Waals surface area (Å²) in [6, 6.07) is -0.142. The van der Waals surface area contributed by atoms with Gasteiger partial charge in [0.2, 0.25) is 11.8 Å². The summed E-state index contributed by atoms with van der Waals surface area (Å²) < 4.78 is 0. The summed E-state index contributed by atoms with van der Waals surface area (Å²) in [7, 11) is 1.94. The van der Waals surface area contributed by atoms with E-state index in [1.54, 1.807) is 0 Å². The van der Waals surface area contributed by atoms with Crippen LogP contribution in [0.3, 0.4) is 0 Å². The van der Waals surface area contributed by atoms with Gasteiger partial charge in [0.1, 0.15) is 0 Å². The number of amides is 2. The Kier molecular flexibility index (Phi) is 5.37. The van der Waals surface area contributed by atoms with Crippen LogP contribution in [-0.4, -0.2) is 67.4 Å². The Morgan fingerprint density at radius 1 is 1.15 bits per heavy atom. The Labute approximate surface area is 120 Å². The molecule has 0 aromatic rings. The van der Waals surface area contributed by atoms with Gasteiger partial charge in [0, 0.05) is 13.1 Å². The van der Waals surface area contributed by atoms with Gasteiger partial charge in [-0.25, -0.2) is 0 Å². The van der Waals surface area contributed by atoms with Crippen LogP contribution in [0.4, 0.5) is 0 Å². The van der Waals surface area contributed by atoms with E-state index in [0.29, 0.717) is 19.6 Å². The standard InChI is InChI=1S/C14H26N4O2/c1-17-8-11(14(15)20)12(9-17)16-13(19)10-18-6-4-2-3-5-7-18/h11-12H,2-10H2,1H3,(H2,15,20)(H,16,19)/t11-,12+/m1/s1. The first-order chi connectivity index (χ1) is 9.56. The zero-order valence-corrected chi connectivity index (χ0v) is 12.3. The second-order valence-corrected chi connectivity index (χ2v) is 6.09. The third kappa shape index (κ3) is 4.18. The monoisotopic (exact) mass is 282 g/mol. The number of hydrogen-bond donors (Lipinski definition) is 2. The largest absolute Gasteiger partial charge is 0.369 e. The van der Waals surface area contributed by atoms with Crippen LogP contribution in [0.5, 0.6) is 0 Å². The molecule has 6 nitrogen and oxygen atoms in total. The Balaban J connectivity index is 1.82. The van der Waals surface area contributed by atoms with Crippen LogP contribution < -0.4 is 11.1 Å². The molecule has 2 fully saturated rings. The van der Waals surface area contributed by atoms with E-state index in [1.807, 2.05) is 11.9 Å². The van der Waals surface area contributed by atoms with Gasteiger partial charge in [0.05, 0.1) is 18.5 Å². The van der Waals surface area contributed by atoms with Crippen molar-refractivity contribution in [2.24, 2.45) is 11.7 Å². The van der Waals surface area contributed by atoms with Crippen molar-refractivity contribution in [3.05, 3.63) is 0 Å². The highest BCUT2D eigenvalue weighted by Crippen LogP contribution is 2.15. The van der Waals surface area contributed by atoms with Crippen LogP contribution in [0.2, 0.25) is 0 Å². The molecule has 6 heteroatoms. The Bertz CT molecular complexity index is 353. The van der Waals surface area contributed by atoms with Crippen LogP contribution in [-0.2, 0) is 9.59 Å². The van der Waals surface area contributed by atoms with E-state index in [4.69, 9.17) is 5.73 Å². The molecule has 20 heavy (non-hydrogen) atoms. The highest BCUT2D eigenvalue weighted by Gasteiger charge is 2.35. The van der Waals surface area contributed by atoms with E-state index in [-0.39, 0.29) is 23.8 Å². The molecule has 0 aromatic carbocycles. The van der Waals surface area contributed by atoms with Crippen molar-refractivity contribution < 1.29 is 9.59 Å². The summed E-state index contributed by atoms with van der Waals surface area (Å²) in [5, 5.41) is 2.99. The topological polar surface area (TPSA) is 78.7 Å². The highest BCUT2D eigenvalue weighted by atomic mass is 16.2. The summed E-state index contributed by atoms with van der Waals surface area (Å²) in [4.78, 5) is 27.8. The Morgan fingerprint density at radius 2 is 1.80 bits per heavy atom. The number of nitrogens with one attached hydrogen (secondary N) is 1. The van der Waals surface area contributed by atoms with E-state index >= 15 is 0 Å². The Morgan fingerprint density at radius 3 is 2.40 bits per heavy atom. The number of rotatable bonds is 4. The lowest BCUT2D eigenvalue weighted by molar-refractivity contribution is -0.124. The predicted octanol–water partition coefficient (Wildman–Crippen LogP) is -0.606. The SMILES string of the molecule is CN1C[C@H](NC(=O)CN2CCCCCC2)[C@H](C(N)=O)C1. The molecule has 2 aliphatic heterocycles. The van der Waals surface area contributed by atoms with Crippen LogP contribution in [0, 0.1) is 5.92 Å². The maximum Gasteiger partial charge on any atom is 0.234 e. The fourth-order valence-corrected chi connectivity index (χ4v) is 3.18. The van der Waals surface area contributed by atoms with Gasteiger partial charge in [-0.05, 0) is 33.0 Å². The van der Waals surface area contributed by atoms with E-state index in [1.165, 1.54) is 25.7 Å². The number of nitrogens with zero attached hydrogens (tertiary/aromatic N) is 2. The molecule has 114 valence electrons. The number of carbonyl (C=O) groups is 2. The fraction of sp³-hybridized carbons (Fsp3) is 0.857. The Hall–Kier alpha value is -1.14. The number of likely N-dealkylation sites (tertiary alicyclic amines) is 2. The lowest BCUT2D eigenvalue weighted by atomic mass is 10.0. The third-order valence-electron chi connectivity index (χ3n) is 4.28. The first kappa shape index (κ1) is 15.3. The van der Waals surface area contributed by atoms with Crippen LogP contribution >= 0.6 is 0 Å². The normalized spacial score (nSPS) is 29.1. The molecule has 0 aromatic heterocycles. The molecular formula is C14H26N4O2. The molecule has 0 spiro atoms. The van der Waals surface area contributed by atoms with Crippen molar-refractivity contribution in [3.8, 4) is 0 Å². The van der Waals surface area contributed by atoms with Crippen molar-refractivity contribution >= 4 is 11.8 Å². The van der Waals surface area contributed by atoms with Crippen molar-refractivity contribution in [3.63, 3.8) is 0 Å². The van der Waals surface area contributed by atoms with Crippen molar-refractivity contribution in [1.82, 2.24) is 15.1 Å². The molecule has 0 unspecified atom stereocenters. The van der Waals surface area contributed by atoms with E-state index in [9.17, 15) is 9.59 Å². The lowest BCUT2D eigenvalue weighted by Gasteiger charge is -2.22. The molecule has 2 heterocycles. The maximum atomic E-state index is 12.1. The lowest BCUT2D eigenvalue weighted by Crippen LogP contribution is -2.48. The number of hydrogen-bond acceptors (Lipinski definition) is 4. The number of primary amides is 1. The van der Waals surface area contributed by atoms with Gasteiger partial charge in [0.15, 0.2) is 0 Å². The first-order valence-corrected chi connectivity index (χ1v) is 7.56. The predicted molar refractivity (Wildman–Crippen MR) is 77.0 cm³/mol. The summed E-state index contributed by atoms with van der Waals surface area (Å²) in [6.45, 7) is 3.75. The van der Waals surface area contributed by atoms with Gasteiger partial charge in [-0.1, -0.05) is 12.8 Å². The van der Waals surface area contributed by atoms with E-state index in [0.717, 1.165) is 13.1 Å². The molecule has 0 aliphatic carbocycles. The summed E-state index contributed by atoms with van der Waals surface area (Å²) in [5.74, 6) is -0.582. The zero-order chi connectivity index (χ0) is 14.5. The van der Waals surface area contributed by atoms with Crippen LogP contribution in [0.25, 0.3) is 0 Å². The first-order valence-electron chi connectivity index (χ1n) is 7.56. The number of nitrogens with two attached hydrogens (primary N) is 1. The smallest absolute Gasteiger partial charge is 0.234 e. The molecular weight excluding hydrogens is 256 g/mol. The molecule has 0 bridgehead atoms. The molecule has 2 atom stereocenters. The van der Waals surface area contributed by atoms with Gasteiger partial charge >= 0.3 is 0 Å². The minimum absolute atomic E-state index is 0.0125. The van der Waals surface area contributed by atoms with Crippen LogP contribution in [0.15, 0.2) is 0 Å².